The molecule has 0 spiro atoms. The second-order valence-corrected chi connectivity index (χ2v) is 8.41. The highest BCUT2D eigenvalue weighted by atomic mass is 79.9. The van der Waals surface area contributed by atoms with Crippen molar-refractivity contribution < 1.29 is 0 Å². The Morgan fingerprint density at radius 2 is 1.68 bits per heavy atom. The highest BCUT2D eigenvalue weighted by molar-refractivity contribution is 9.10. The van der Waals surface area contributed by atoms with Crippen LogP contribution in [0.4, 0.5) is 0 Å². The summed E-state index contributed by atoms with van der Waals surface area (Å²) in [7, 11) is 0. The van der Waals surface area contributed by atoms with E-state index in [0.29, 0.717) is 0 Å². The molecule has 0 aliphatic rings. The molecule has 3 aromatic heterocycles. The van der Waals surface area contributed by atoms with Crippen molar-refractivity contribution in [1.82, 2.24) is 0 Å². The van der Waals surface area contributed by atoms with Gasteiger partial charge in [-0.15, -0.1) is 34.0 Å². The Bertz CT molecular complexity index is 730. The Hall–Kier alpha value is -0.680. The predicted molar refractivity (Wildman–Crippen MR) is 93.5 cm³/mol. The standard InChI is InChI=1S/C15H11BrS3/c1-3-10-4-5-12(18-10)13-6-7-14(19-13)15-11(16)8-9(2)17-15/h3-8H,1H2,2H3. The van der Waals surface area contributed by atoms with Crippen molar-refractivity contribution in [3.8, 4) is 19.5 Å². The van der Waals surface area contributed by atoms with Gasteiger partial charge in [0, 0.05) is 28.9 Å². The second-order valence-electron chi connectivity index (χ2n) is 4.10. The second kappa shape index (κ2) is 5.37. The van der Waals surface area contributed by atoms with Crippen LogP contribution in [-0.2, 0) is 0 Å². The van der Waals surface area contributed by atoms with Gasteiger partial charge in [0.15, 0.2) is 0 Å². The molecule has 0 aliphatic carbocycles. The van der Waals surface area contributed by atoms with Crippen LogP contribution in [0.5, 0.6) is 0 Å². The van der Waals surface area contributed by atoms with Crippen molar-refractivity contribution in [3.05, 3.63) is 51.1 Å². The first kappa shape index (κ1) is 13.3. The molecule has 3 heterocycles. The molecule has 0 fully saturated rings. The highest BCUT2D eigenvalue weighted by Crippen LogP contribution is 2.43. The highest BCUT2D eigenvalue weighted by Gasteiger charge is 2.11. The summed E-state index contributed by atoms with van der Waals surface area (Å²) in [6, 6.07) is 10.9. The van der Waals surface area contributed by atoms with Crippen molar-refractivity contribution >= 4 is 56.0 Å². The SMILES string of the molecule is C=Cc1ccc(-c2ccc(-c3sc(C)cc3Br)s2)s1. The van der Waals surface area contributed by atoms with Crippen LogP contribution in [0.25, 0.3) is 25.6 Å². The molecule has 4 heteroatoms. The summed E-state index contributed by atoms with van der Waals surface area (Å²) in [5.74, 6) is 0. The van der Waals surface area contributed by atoms with Gasteiger partial charge >= 0.3 is 0 Å². The Labute approximate surface area is 133 Å². The largest absolute Gasteiger partial charge is 0.139 e. The average molecular weight is 367 g/mol. The zero-order chi connectivity index (χ0) is 13.4. The fourth-order valence-corrected chi connectivity index (χ4v) is 5.90. The molecular formula is C15H11BrS3. The van der Waals surface area contributed by atoms with Crippen molar-refractivity contribution in [2.24, 2.45) is 0 Å². The Balaban J connectivity index is 1.99. The normalized spacial score (nSPS) is 10.8. The number of halogens is 1. The van der Waals surface area contributed by atoms with Gasteiger partial charge in [0.05, 0.1) is 4.88 Å². The minimum atomic E-state index is 1.20. The van der Waals surface area contributed by atoms with E-state index in [1.54, 1.807) is 11.3 Å². The fourth-order valence-electron chi connectivity index (χ4n) is 1.84. The molecule has 19 heavy (non-hydrogen) atoms. The van der Waals surface area contributed by atoms with Gasteiger partial charge in [-0.3, -0.25) is 0 Å². The molecule has 0 N–H and O–H groups in total. The molecule has 0 atom stereocenters. The first-order valence-corrected chi connectivity index (χ1v) is 9.00. The molecule has 0 radical (unpaired) electrons. The molecule has 96 valence electrons. The molecule has 3 aromatic rings. The van der Waals surface area contributed by atoms with Gasteiger partial charge in [0.1, 0.15) is 0 Å². The number of rotatable bonds is 3. The third kappa shape index (κ3) is 2.63. The third-order valence-corrected chi connectivity index (χ3v) is 7.19. The summed E-state index contributed by atoms with van der Waals surface area (Å²) in [6.45, 7) is 5.96. The number of hydrogen-bond donors (Lipinski definition) is 0. The van der Waals surface area contributed by atoms with E-state index in [9.17, 15) is 0 Å². The smallest absolute Gasteiger partial charge is 0.0587 e. The number of hydrogen-bond acceptors (Lipinski definition) is 3. The first-order valence-electron chi connectivity index (χ1n) is 5.76. The van der Waals surface area contributed by atoms with Crippen molar-refractivity contribution in [2.45, 2.75) is 6.92 Å². The molecular weight excluding hydrogens is 356 g/mol. The lowest BCUT2D eigenvalue weighted by molar-refractivity contribution is 1.62. The van der Waals surface area contributed by atoms with E-state index in [0.717, 1.165) is 0 Å². The molecule has 0 nitrogen and oxygen atoms in total. The Morgan fingerprint density at radius 3 is 2.32 bits per heavy atom. The summed E-state index contributed by atoms with van der Waals surface area (Å²) < 4.78 is 1.20. The van der Waals surface area contributed by atoms with E-state index in [-0.39, 0.29) is 0 Å². The maximum Gasteiger partial charge on any atom is 0.0587 e. The van der Waals surface area contributed by atoms with E-state index in [2.05, 4.69) is 59.8 Å². The van der Waals surface area contributed by atoms with Crippen LogP contribution in [0.1, 0.15) is 9.75 Å². The first-order chi connectivity index (χ1) is 9.17. The zero-order valence-corrected chi connectivity index (χ0v) is 14.3. The van der Waals surface area contributed by atoms with E-state index in [1.807, 2.05) is 28.7 Å². The third-order valence-electron chi connectivity index (χ3n) is 2.71. The molecule has 0 amide bonds. The average Bonchev–Trinajstić information content (AvgIpc) is 3.07. The van der Waals surface area contributed by atoms with Crippen LogP contribution in [0.3, 0.4) is 0 Å². The predicted octanol–water partition coefficient (Wildman–Crippen LogP) is 6.92. The zero-order valence-electron chi connectivity index (χ0n) is 10.3. The van der Waals surface area contributed by atoms with Gasteiger partial charge in [-0.25, -0.2) is 0 Å². The van der Waals surface area contributed by atoms with Crippen LogP contribution in [-0.4, -0.2) is 0 Å². The van der Waals surface area contributed by atoms with Crippen LogP contribution >= 0.6 is 49.9 Å². The fraction of sp³-hybridized carbons (Fsp3) is 0.0667. The lowest BCUT2D eigenvalue weighted by Crippen LogP contribution is -1.61. The molecule has 0 saturated carbocycles. The van der Waals surface area contributed by atoms with Crippen LogP contribution in [0, 0.1) is 6.92 Å². The summed E-state index contributed by atoms with van der Waals surface area (Å²) in [6.07, 6.45) is 1.90. The van der Waals surface area contributed by atoms with E-state index in [4.69, 9.17) is 0 Å². The van der Waals surface area contributed by atoms with Gasteiger partial charge in [0.25, 0.3) is 0 Å². The van der Waals surface area contributed by atoms with Gasteiger partial charge in [-0.1, -0.05) is 12.7 Å². The summed E-state index contributed by atoms with van der Waals surface area (Å²) >= 11 is 9.11. The minimum absolute atomic E-state index is 1.20. The van der Waals surface area contributed by atoms with Crippen molar-refractivity contribution in [2.75, 3.05) is 0 Å². The topological polar surface area (TPSA) is 0 Å². The Kier molecular flexibility index (Phi) is 3.76. The summed E-state index contributed by atoms with van der Waals surface area (Å²) in [4.78, 5) is 7.85. The maximum atomic E-state index is 3.81. The molecule has 0 bridgehead atoms. The Morgan fingerprint density at radius 1 is 1.00 bits per heavy atom. The maximum absolute atomic E-state index is 3.81. The van der Waals surface area contributed by atoms with Crippen LogP contribution in [0.15, 0.2) is 41.4 Å². The number of aryl methyl sites for hydroxylation is 1. The van der Waals surface area contributed by atoms with Gasteiger partial charge in [-0.2, -0.15) is 0 Å². The lowest BCUT2D eigenvalue weighted by atomic mass is 10.3. The van der Waals surface area contributed by atoms with E-state index in [1.165, 1.54) is 33.7 Å². The monoisotopic (exact) mass is 366 g/mol. The van der Waals surface area contributed by atoms with Crippen molar-refractivity contribution in [1.29, 1.82) is 0 Å². The lowest BCUT2D eigenvalue weighted by Gasteiger charge is -1.92. The molecule has 0 unspecified atom stereocenters. The summed E-state index contributed by atoms with van der Waals surface area (Å²) in [5, 5.41) is 0. The van der Waals surface area contributed by atoms with Crippen LogP contribution < -0.4 is 0 Å². The summed E-state index contributed by atoms with van der Waals surface area (Å²) in [5.41, 5.74) is 0. The van der Waals surface area contributed by atoms with Gasteiger partial charge in [0.2, 0.25) is 0 Å². The van der Waals surface area contributed by atoms with Crippen molar-refractivity contribution in [3.63, 3.8) is 0 Å². The molecule has 0 saturated heterocycles. The molecule has 0 aromatic carbocycles. The van der Waals surface area contributed by atoms with Gasteiger partial charge < -0.3 is 0 Å². The quantitative estimate of drug-likeness (QED) is 0.471. The molecule has 3 rings (SSSR count). The van der Waals surface area contributed by atoms with E-state index >= 15 is 0 Å². The van der Waals surface area contributed by atoms with Gasteiger partial charge in [-0.05, 0) is 53.2 Å². The minimum Gasteiger partial charge on any atom is -0.139 e. The number of thiophene rings is 3. The molecule has 0 aliphatic heterocycles. The van der Waals surface area contributed by atoms with E-state index < -0.39 is 0 Å². The van der Waals surface area contributed by atoms with Crippen LogP contribution in [0.2, 0.25) is 0 Å².